The lowest BCUT2D eigenvalue weighted by atomic mass is 10.0. The van der Waals surface area contributed by atoms with Gasteiger partial charge in [-0.25, -0.2) is 9.87 Å². The molecule has 0 aliphatic heterocycles. The third-order valence-corrected chi connectivity index (χ3v) is 4.42. The molecule has 1 amide bonds. The summed E-state index contributed by atoms with van der Waals surface area (Å²) in [6.07, 6.45) is -0.529. The molecule has 176 valence electrons. The first-order chi connectivity index (χ1) is 15.6. The van der Waals surface area contributed by atoms with Crippen molar-refractivity contribution in [2.45, 2.75) is 19.3 Å². The minimum Gasteiger partial charge on any atom is -0.618 e. The summed E-state index contributed by atoms with van der Waals surface area (Å²) in [7, 11) is 0. The molecule has 0 saturated carbocycles. The van der Waals surface area contributed by atoms with Crippen molar-refractivity contribution in [1.82, 2.24) is 10.8 Å². The minimum absolute atomic E-state index is 0.00152. The van der Waals surface area contributed by atoms with Gasteiger partial charge in [0.2, 0.25) is 11.9 Å². The second-order valence-corrected chi connectivity index (χ2v) is 6.86. The maximum Gasteiger partial charge on any atom is 0.347 e. The fourth-order valence-corrected chi connectivity index (χ4v) is 2.80. The maximum atomic E-state index is 15.0. The Hall–Kier alpha value is -4.05. The average Bonchev–Trinajstić information content (AvgIpc) is 2.75. The number of hydrogen-bond donors (Lipinski definition) is 5. The number of nitriles is 1. The van der Waals surface area contributed by atoms with E-state index < -0.39 is 42.3 Å². The number of hydrogen-bond acceptors (Lipinski definition) is 6. The van der Waals surface area contributed by atoms with Gasteiger partial charge in [0, 0.05) is 31.2 Å². The lowest BCUT2D eigenvalue weighted by molar-refractivity contribution is -0.630. The number of benzene rings is 1. The molecule has 0 aliphatic carbocycles. The highest BCUT2D eigenvalue weighted by Crippen LogP contribution is 2.28. The van der Waals surface area contributed by atoms with Crippen LogP contribution in [0.25, 0.3) is 0 Å². The Kier molecular flexibility index (Phi) is 8.41. The number of aryl methyl sites for hydroxylation is 1. The van der Waals surface area contributed by atoms with E-state index in [4.69, 9.17) is 16.0 Å². The first kappa shape index (κ1) is 25.2. The second-order valence-electron chi connectivity index (χ2n) is 6.86. The molecule has 33 heavy (non-hydrogen) atoms. The van der Waals surface area contributed by atoms with Crippen molar-refractivity contribution in [3.05, 3.63) is 63.9 Å². The van der Waals surface area contributed by atoms with Gasteiger partial charge in [0.15, 0.2) is 11.5 Å². The number of nitrogens with zero attached hydrogens (tertiary/aromatic N) is 2. The standard InChI is InChI=1S/C20H22F3N7O3/c1-12-3-2-4-16(30(12)32)20(22,23)11-28-15-6-5-13(10-24)14(18(15)21)9-17(31)27-7-8-33-29-19(25)26/h2-6,28H,7-9,11H2,1H3,(H,27,31)(H4,25,26,29). The quantitative estimate of drug-likeness (QED) is 0.0870. The van der Waals surface area contributed by atoms with Crippen molar-refractivity contribution >= 4 is 17.6 Å². The Morgan fingerprint density at radius 1 is 1.36 bits per heavy atom. The van der Waals surface area contributed by atoms with Gasteiger partial charge in [0.1, 0.15) is 0 Å². The molecule has 1 heterocycles. The summed E-state index contributed by atoms with van der Waals surface area (Å²) in [5, 5.41) is 32.7. The maximum absolute atomic E-state index is 15.0. The van der Waals surface area contributed by atoms with Crippen LogP contribution in [0.15, 0.2) is 30.3 Å². The molecule has 1 aromatic heterocycles. The van der Waals surface area contributed by atoms with Gasteiger partial charge < -0.3 is 21.6 Å². The summed E-state index contributed by atoms with van der Waals surface area (Å²) >= 11 is 0. The number of amides is 1. The number of alkyl halides is 2. The van der Waals surface area contributed by atoms with Gasteiger partial charge in [0.25, 0.3) is 5.69 Å². The van der Waals surface area contributed by atoms with Crippen molar-refractivity contribution < 1.29 is 27.5 Å². The van der Waals surface area contributed by atoms with E-state index in [9.17, 15) is 28.4 Å². The van der Waals surface area contributed by atoms with E-state index in [0.29, 0.717) is 0 Å². The summed E-state index contributed by atoms with van der Waals surface area (Å²) < 4.78 is 44.2. The van der Waals surface area contributed by atoms with Gasteiger partial charge in [-0.2, -0.15) is 18.8 Å². The molecule has 0 radical (unpaired) electrons. The van der Waals surface area contributed by atoms with E-state index in [1.54, 1.807) is 6.07 Å². The number of hydroxylamine groups is 1. The van der Waals surface area contributed by atoms with E-state index >= 15 is 0 Å². The van der Waals surface area contributed by atoms with E-state index in [2.05, 4.69) is 16.1 Å². The lowest BCUT2D eigenvalue weighted by Gasteiger charge is -2.19. The molecule has 6 N–H and O–H groups in total. The highest BCUT2D eigenvalue weighted by atomic mass is 19.3. The van der Waals surface area contributed by atoms with Crippen molar-refractivity contribution in [1.29, 1.82) is 10.7 Å². The molecule has 0 unspecified atom stereocenters. The van der Waals surface area contributed by atoms with Crippen LogP contribution < -0.4 is 26.6 Å². The van der Waals surface area contributed by atoms with Crippen molar-refractivity contribution in [3.63, 3.8) is 0 Å². The minimum atomic E-state index is -3.63. The molecule has 2 rings (SSSR count). The Bertz CT molecular complexity index is 1070. The van der Waals surface area contributed by atoms with Gasteiger partial charge in [0.05, 0.1) is 36.9 Å². The topological polar surface area (TPSA) is 163 Å². The van der Waals surface area contributed by atoms with E-state index in [1.807, 2.05) is 0 Å². The largest absolute Gasteiger partial charge is 0.618 e. The number of nitrogens with one attached hydrogen (secondary N) is 4. The zero-order chi connectivity index (χ0) is 24.6. The van der Waals surface area contributed by atoms with Gasteiger partial charge >= 0.3 is 5.92 Å². The average molecular weight is 465 g/mol. The molecule has 0 bridgehead atoms. The molecule has 0 spiro atoms. The Balaban J connectivity index is 2.10. The Labute approximate surface area is 187 Å². The number of carbonyl (C=O) groups excluding carboxylic acids is 1. The normalized spacial score (nSPS) is 10.9. The molecule has 13 heteroatoms. The first-order valence-electron chi connectivity index (χ1n) is 9.58. The zero-order valence-electron chi connectivity index (χ0n) is 17.5. The van der Waals surface area contributed by atoms with Crippen LogP contribution in [-0.4, -0.2) is 31.6 Å². The van der Waals surface area contributed by atoms with Crippen molar-refractivity contribution in [2.24, 2.45) is 5.73 Å². The number of nitrogens with two attached hydrogens (primary N) is 1. The van der Waals surface area contributed by atoms with E-state index in [0.717, 1.165) is 12.1 Å². The van der Waals surface area contributed by atoms with Crippen LogP contribution in [0.2, 0.25) is 0 Å². The van der Waals surface area contributed by atoms with Crippen molar-refractivity contribution in [2.75, 3.05) is 25.0 Å². The van der Waals surface area contributed by atoms with Gasteiger partial charge in [-0.3, -0.25) is 15.0 Å². The highest BCUT2D eigenvalue weighted by Gasteiger charge is 2.40. The van der Waals surface area contributed by atoms with Crippen molar-refractivity contribution in [3.8, 4) is 6.07 Å². The number of rotatable bonds is 10. The number of aromatic nitrogens is 1. The molecule has 0 saturated heterocycles. The second kappa shape index (κ2) is 11.0. The summed E-state index contributed by atoms with van der Waals surface area (Å²) in [5.41, 5.74) is 5.59. The van der Waals surface area contributed by atoms with Crippen LogP contribution in [-0.2, 0) is 22.0 Å². The predicted molar refractivity (Wildman–Crippen MR) is 111 cm³/mol. The predicted octanol–water partition coefficient (Wildman–Crippen LogP) is 0.916. The SMILES string of the molecule is Cc1cccc(C(F)(F)CNc2ccc(C#N)c(CC(=O)NCCONC(=N)N)c2F)[n+]1[O-]. The van der Waals surface area contributed by atoms with Crippen LogP contribution in [0, 0.1) is 34.7 Å². The molecule has 2 aromatic rings. The number of halogens is 3. The monoisotopic (exact) mass is 465 g/mol. The molecule has 0 aliphatic rings. The molecule has 0 atom stereocenters. The third-order valence-electron chi connectivity index (χ3n) is 4.42. The van der Waals surface area contributed by atoms with Crippen LogP contribution in [0.4, 0.5) is 18.9 Å². The van der Waals surface area contributed by atoms with Crippen LogP contribution >= 0.6 is 0 Å². The third kappa shape index (κ3) is 6.71. The summed E-state index contributed by atoms with van der Waals surface area (Å²) in [6.45, 7) is 0.240. The molecule has 0 fully saturated rings. The van der Waals surface area contributed by atoms with Gasteiger partial charge in [-0.15, -0.1) is 0 Å². The smallest absolute Gasteiger partial charge is 0.347 e. The molecule has 1 aromatic carbocycles. The number of guanidine groups is 1. The Morgan fingerprint density at radius 3 is 2.76 bits per heavy atom. The zero-order valence-corrected chi connectivity index (χ0v) is 17.5. The number of pyridine rings is 1. The number of carbonyl (C=O) groups is 1. The first-order valence-corrected chi connectivity index (χ1v) is 9.58. The fourth-order valence-electron chi connectivity index (χ4n) is 2.80. The number of anilines is 1. The van der Waals surface area contributed by atoms with E-state index in [-0.39, 0.29) is 40.4 Å². The molecular formula is C20H22F3N7O3. The fraction of sp³-hybridized carbons (Fsp3) is 0.300. The van der Waals surface area contributed by atoms with Crippen LogP contribution in [0.3, 0.4) is 0 Å². The Morgan fingerprint density at radius 2 is 2.09 bits per heavy atom. The van der Waals surface area contributed by atoms with Crippen LogP contribution in [0.1, 0.15) is 22.5 Å². The summed E-state index contributed by atoms with van der Waals surface area (Å²) in [5.74, 6) is -5.73. The molecule has 10 nitrogen and oxygen atoms in total. The van der Waals surface area contributed by atoms with Gasteiger partial charge in [-0.1, -0.05) is 0 Å². The van der Waals surface area contributed by atoms with E-state index in [1.165, 1.54) is 25.1 Å². The van der Waals surface area contributed by atoms with Gasteiger partial charge in [-0.05, 0) is 18.2 Å². The lowest BCUT2D eigenvalue weighted by Crippen LogP contribution is -2.43. The molecular weight excluding hydrogens is 443 g/mol. The van der Waals surface area contributed by atoms with Crippen LogP contribution in [0.5, 0.6) is 0 Å². The summed E-state index contributed by atoms with van der Waals surface area (Å²) in [4.78, 5) is 16.9. The summed E-state index contributed by atoms with van der Waals surface area (Å²) in [6, 6.07) is 7.73. The highest BCUT2D eigenvalue weighted by molar-refractivity contribution is 5.80.